The highest BCUT2D eigenvalue weighted by Crippen LogP contribution is 2.52. The molecule has 1 saturated carbocycles. The van der Waals surface area contributed by atoms with E-state index in [1.165, 1.54) is 0 Å². The second kappa shape index (κ2) is 5.66. The van der Waals surface area contributed by atoms with E-state index in [-0.39, 0.29) is 29.8 Å². The van der Waals surface area contributed by atoms with Gasteiger partial charge < -0.3 is 20.8 Å². The molecule has 7 heteroatoms. The molecule has 1 aliphatic heterocycles. The molecule has 1 aliphatic carbocycles. The van der Waals surface area contributed by atoms with Crippen molar-refractivity contribution in [3.05, 3.63) is 41.2 Å². The molecule has 1 spiro atoms. The standard InChI is InChI=1S/C16H17FN2O4/c17-7-11(8-18-15(22)23)13(20)9-1-2-12-10(5-9)6-16(3-4-16)14(21)19-12/h1-2,5,7,13,18,20H,3-4,6,8H2,(H,19,21)(H,22,23)/b11-7-. The Morgan fingerprint density at radius 3 is 2.83 bits per heavy atom. The number of hydrogen-bond acceptors (Lipinski definition) is 3. The Kier molecular flexibility index (Phi) is 3.81. The Balaban J connectivity index is 1.81. The third kappa shape index (κ3) is 2.92. The number of anilines is 1. The van der Waals surface area contributed by atoms with Crippen molar-refractivity contribution in [2.75, 3.05) is 11.9 Å². The van der Waals surface area contributed by atoms with Crippen LogP contribution in [0.25, 0.3) is 0 Å². The number of benzene rings is 1. The number of halogens is 1. The Morgan fingerprint density at radius 2 is 2.22 bits per heavy atom. The molecule has 1 heterocycles. The quantitative estimate of drug-likeness (QED) is 0.683. The van der Waals surface area contributed by atoms with E-state index in [9.17, 15) is 19.1 Å². The van der Waals surface area contributed by atoms with Crippen LogP contribution in [0.1, 0.15) is 30.1 Å². The summed E-state index contributed by atoms with van der Waals surface area (Å²) in [6.07, 6.45) is -0.0155. The number of aliphatic hydroxyl groups excluding tert-OH is 1. The SMILES string of the molecule is O=C(O)NC/C(=C/F)C(O)c1ccc2c(c1)CC1(CC1)C(=O)N2. The lowest BCUT2D eigenvalue weighted by Crippen LogP contribution is -2.31. The van der Waals surface area contributed by atoms with Gasteiger partial charge in [0.15, 0.2) is 0 Å². The van der Waals surface area contributed by atoms with Gasteiger partial charge in [-0.05, 0) is 36.5 Å². The average Bonchev–Trinajstić information content (AvgIpc) is 3.29. The van der Waals surface area contributed by atoms with Crippen molar-refractivity contribution in [2.24, 2.45) is 5.41 Å². The topological polar surface area (TPSA) is 98.7 Å². The van der Waals surface area contributed by atoms with Crippen LogP contribution in [0.5, 0.6) is 0 Å². The third-order valence-electron chi connectivity index (χ3n) is 4.49. The van der Waals surface area contributed by atoms with Gasteiger partial charge in [0.05, 0.1) is 11.7 Å². The lowest BCUT2D eigenvalue weighted by molar-refractivity contribution is -0.121. The van der Waals surface area contributed by atoms with E-state index in [2.05, 4.69) is 5.32 Å². The van der Waals surface area contributed by atoms with Gasteiger partial charge in [-0.25, -0.2) is 9.18 Å². The van der Waals surface area contributed by atoms with Crippen molar-refractivity contribution in [1.29, 1.82) is 0 Å². The molecular weight excluding hydrogens is 303 g/mol. The zero-order chi connectivity index (χ0) is 16.6. The van der Waals surface area contributed by atoms with Gasteiger partial charge in [-0.15, -0.1) is 0 Å². The lowest BCUT2D eigenvalue weighted by Gasteiger charge is -2.25. The minimum absolute atomic E-state index is 0.0355. The summed E-state index contributed by atoms with van der Waals surface area (Å²) in [5.74, 6) is 0.0355. The van der Waals surface area contributed by atoms with Crippen molar-refractivity contribution < 1.29 is 24.2 Å². The highest BCUT2D eigenvalue weighted by atomic mass is 19.1. The normalized spacial score (nSPS) is 19.7. The predicted octanol–water partition coefficient (Wildman–Crippen LogP) is 2.12. The fraction of sp³-hybridized carbons (Fsp3) is 0.375. The highest BCUT2D eigenvalue weighted by Gasteiger charge is 2.52. The van der Waals surface area contributed by atoms with Crippen LogP contribution < -0.4 is 10.6 Å². The van der Waals surface area contributed by atoms with Gasteiger partial charge >= 0.3 is 6.09 Å². The first-order chi connectivity index (χ1) is 10.9. The van der Waals surface area contributed by atoms with Crippen LogP contribution in [0.4, 0.5) is 14.9 Å². The number of rotatable bonds is 4. The molecule has 2 aliphatic rings. The minimum atomic E-state index is -1.29. The number of carbonyl (C=O) groups is 2. The Labute approximate surface area is 132 Å². The van der Waals surface area contributed by atoms with E-state index in [1.807, 2.05) is 5.32 Å². The first kappa shape index (κ1) is 15.5. The number of nitrogens with one attached hydrogen (secondary N) is 2. The van der Waals surface area contributed by atoms with Crippen molar-refractivity contribution in [3.63, 3.8) is 0 Å². The van der Waals surface area contributed by atoms with E-state index in [1.54, 1.807) is 18.2 Å². The third-order valence-corrected chi connectivity index (χ3v) is 4.49. The average molecular weight is 320 g/mol. The van der Waals surface area contributed by atoms with Gasteiger partial charge in [0, 0.05) is 17.8 Å². The van der Waals surface area contributed by atoms with Crippen LogP contribution in [0, 0.1) is 5.41 Å². The molecule has 1 unspecified atom stereocenters. The van der Waals surface area contributed by atoms with Crippen LogP contribution in [-0.4, -0.2) is 28.8 Å². The number of amides is 2. The summed E-state index contributed by atoms with van der Waals surface area (Å²) in [5.41, 5.74) is 1.68. The molecule has 0 saturated heterocycles. The molecule has 4 N–H and O–H groups in total. The highest BCUT2D eigenvalue weighted by molar-refractivity contribution is 6.00. The Bertz CT molecular complexity index is 697. The molecule has 122 valence electrons. The maximum absolute atomic E-state index is 13.0. The summed E-state index contributed by atoms with van der Waals surface area (Å²) in [6, 6.07) is 5.02. The molecule has 6 nitrogen and oxygen atoms in total. The molecule has 3 rings (SSSR count). The molecule has 1 aromatic rings. The maximum atomic E-state index is 13.0. The molecular formula is C16H17FN2O4. The zero-order valence-corrected chi connectivity index (χ0v) is 12.3. The number of carboxylic acid groups (broad SMARTS) is 1. The Morgan fingerprint density at radius 1 is 1.48 bits per heavy atom. The van der Waals surface area contributed by atoms with E-state index in [4.69, 9.17) is 5.11 Å². The minimum Gasteiger partial charge on any atom is -0.465 e. The van der Waals surface area contributed by atoms with Gasteiger partial charge in [0.2, 0.25) is 5.91 Å². The summed E-state index contributed by atoms with van der Waals surface area (Å²) in [7, 11) is 0. The lowest BCUT2D eigenvalue weighted by atomic mass is 9.88. The van der Waals surface area contributed by atoms with Crippen molar-refractivity contribution in [2.45, 2.75) is 25.4 Å². The van der Waals surface area contributed by atoms with E-state index < -0.39 is 12.2 Å². The zero-order valence-electron chi connectivity index (χ0n) is 12.3. The number of aliphatic hydroxyl groups is 1. The molecule has 1 aromatic carbocycles. The fourth-order valence-electron chi connectivity index (χ4n) is 2.89. The summed E-state index contributed by atoms with van der Waals surface area (Å²) < 4.78 is 13.0. The Hall–Kier alpha value is -2.41. The monoisotopic (exact) mass is 320 g/mol. The number of hydrogen-bond donors (Lipinski definition) is 4. The largest absolute Gasteiger partial charge is 0.465 e. The van der Waals surface area contributed by atoms with Gasteiger partial charge in [-0.1, -0.05) is 12.1 Å². The van der Waals surface area contributed by atoms with Crippen molar-refractivity contribution in [3.8, 4) is 0 Å². The summed E-state index contributed by atoms with van der Waals surface area (Å²) >= 11 is 0. The molecule has 0 bridgehead atoms. The van der Waals surface area contributed by atoms with Crippen LogP contribution in [0.3, 0.4) is 0 Å². The van der Waals surface area contributed by atoms with E-state index in [0.29, 0.717) is 17.7 Å². The molecule has 0 radical (unpaired) electrons. The fourth-order valence-corrected chi connectivity index (χ4v) is 2.89. The van der Waals surface area contributed by atoms with Gasteiger partial charge in [-0.2, -0.15) is 0 Å². The first-order valence-corrected chi connectivity index (χ1v) is 7.33. The molecule has 0 aromatic heterocycles. The van der Waals surface area contributed by atoms with E-state index in [0.717, 1.165) is 18.4 Å². The molecule has 1 atom stereocenters. The van der Waals surface area contributed by atoms with Crippen LogP contribution in [-0.2, 0) is 11.2 Å². The smallest absolute Gasteiger partial charge is 0.404 e. The van der Waals surface area contributed by atoms with E-state index >= 15 is 0 Å². The number of fused-ring (bicyclic) bond motifs is 1. The van der Waals surface area contributed by atoms with Crippen LogP contribution in [0.2, 0.25) is 0 Å². The van der Waals surface area contributed by atoms with Gasteiger partial charge in [0.1, 0.15) is 6.10 Å². The van der Waals surface area contributed by atoms with Crippen LogP contribution in [0.15, 0.2) is 30.1 Å². The second-order valence-electron chi connectivity index (χ2n) is 6.07. The van der Waals surface area contributed by atoms with Gasteiger partial charge in [-0.3, -0.25) is 4.79 Å². The van der Waals surface area contributed by atoms with Gasteiger partial charge in [0.25, 0.3) is 0 Å². The molecule has 1 fully saturated rings. The van der Waals surface area contributed by atoms with Crippen molar-refractivity contribution >= 4 is 17.7 Å². The molecule has 2 amide bonds. The van der Waals surface area contributed by atoms with Crippen LogP contribution >= 0.6 is 0 Å². The predicted molar refractivity (Wildman–Crippen MR) is 80.6 cm³/mol. The summed E-state index contributed by atoms with van der Waals surface area (Å²) in [4.78, 5) is 22.5. The summed E-state index contributed by atoms with van der Waals surface area (Å²) in [5, 5.41) is 23.7. The first-order valence-electron chi connectivity index (χ1n) is 7.33. The second-order valence-corrected chi connectivity index (χ2v) is 6.07. The maximum Gasteiger partial charge on any atom is 0.404 e. The van der Waals surface area contributed by atoms with Crippen molar-refractivity contribution in [1.82, 2.24) is 5.32 Å². The molecule has 23 heavy (non-hydrogen) atoms. The summed E-state index contributed by atoms with van der Waals surface area (Å²) in [6.45, 7) is -0.301. The number of carbonyl (C=O) groups excluding carboxylic acids is 1.